The van der Waals surface area contributed by atoms with Gasteiger partial charge in [0.2, 0.25) is 20.1 Å². The Morgan fingerprint density at radius 3 is 0.777 bits per heavy atom. The summed E-state index contributed by atoms with van der Waals surface area (Å²) in [6.45, 7) is 11.4. The first-order valence-corrected chi connectivity index (χ1v) is 48.5. The zero-order valence-corrected chi connectivity index (χ0v) is 78.8. The number of para-hydroxylation sites is 8. The quantitative estimate of drug-likeness (QED) is 0.0894. The normalized spacial score (nSPS) is 12.1. The fraction of sp³-hybridized carbons (Fsp3) is 0.0455. The van der Waals surface area contributed by atoms with Crippen LogP contribution in [0.5, 0.6) is 0 Å². The molecule has 24 rings (SSSR count). The monoisotopic (exact) mass is 1780 g/mol. The molecule has 21 aromatic rings. The van der Waals surface area contributed by atoms with Gasteiger partial charge in [-0.05, 0) is 245 Å². The predicted octanol–water partition coefficient (Wildman–Crippen LogP) is 29.0. The van der Waals surface area contributed by atoms with E-state index in [-0.39, 0.29) is 25.6 Å². The molecule has 0 atom stereocenters. The van der Waals surface area contributed by atoms with Crippen LogP contribution in [0.4, 0.5) is 68.2 Å². The van der Waals surface area contributed by atoms with Gasteiger partial charge in [-0.15, -0.1) is 0 Å². The molecule has 7 heteroatoms. The van der Waals surface area contributed by atoms with Crippen LogP contribution >= 0.6 is 0 Å². The van der Waals surface area contributed by atoms with E-state index < -0.39 is 0 Å². The summed E-state index contributed by atoms with van der Waals surface area (Å²) in [6.07, 6.45) is 0. The minimum atomic E-state index is 0.0180. The Kier molecular flexibility index (Phi) is 24.4. The van der Waals surface area contributed by atoms with Gasteiger partial charge in [0, 0.05) is 68.2 Å². The average molecular weight is 1780 g/mol. The van der Waals surface area contributed by atoms with Crippen LogP contribution in [0, 0.1) is 13.8 Å². The standard InChI is InChI=1S/C54H39BN2.C40H34BN.C38H30BN/c1-5-18-42(19-6-1)48-26-17-27-49(43-20-7-2-8-21-43)54(48)55-50-28-13-15-30-52(50)57(53-31-16-14-29-51(53)55)47-38-34-41(35-39-47)40-32-36-46(37-33-40)56(44-22-9-3-10-23-44)45-24-11-4-12-25-45;1-40(2,3)31-26-27-38-36(28-31)41(35-24-13-14-25-37(35)42(38)32-20-11-6-12-21-32)39-33(29-16-7-4-8-17-29)22-15-23-34(39)30-18-9-5-10-19-30;1-27-13-11-16-30(25-27)33-20-12-19-32(29-14-5-3-6-15-29)38(33)39-34-21-9-10-22-36(34)40(31-17-7-4-8-18-31)37-24-23-28(2)26-35(37)39/h1-39H;4-28H,1-3H3;3-26H,1-2H3. The van der Waals surface area contributed by atoms with Crippen LogP contribution in [0.25, 0.3) is 77.9 Å². The van der Waals surface area contributed by atoms with Crippen LogP contribution in [0.3, 0.4) is 0 Å². The molecule has 0 saturated carbocycles. The van der Waals surface area contributed by atoms with Crippen molar-refractivity contribution in [3.8, 4) is 77.9 Å². The second kappa shape index (κ2) is 38.8. The second-order valence-corrected chi connectivity index (χ2v) is 37.4. The number of nitrogens with zero attached hydrogens (tertiary/aromatic N) is 4. The Bertz CT molecular complexity index is 7720. The third-order valence-electron chi connectivity index (χ3n) is 27.7. The lowest BCUT2D eigenvalue weighted by Crippen LogP contribution is -2.58. The summed E-state index contributed by atoms with van der Waals surface area (Å²) in [6, 6.07) is 194. The summed E-state index contributed by atoms with van der Waals surface area (Å²) in [5.74, 6) is 0. The van der Waals surface area contributed by atoms with E-state index in [9.17, 15) is 0 Å². The zero-order chi connectivity index (χ0) is 93.7. The van der Waals surface area contributed by atoms with Gasteiger partial charge in [0.25, 0.3) is 0 Å². The number of fused-ring (bicyclic) bond motifs is 6. The van der Waals surface area contributed by atoms with E-state index in [2.05, 4.69) is 588 Å². The predicted molar refractivity (Wildman–Crippen MR) is 598 cm³/mol. The number of anilines is 12. The van der Waals surface area contributed by atoms with Crippen molar-refractivity contribution in [3.05, 3.63) is 551 Å². The molecule has 0 spiro atoms. The molecule has 0 bridgehead atoms. The van der Waals surface area contributed by atoms with Gasteiger partial charge in [-0.3, -0.25) is 0 Å². The molecular formula is C132H103B3N4. The Balaban J connectivity index is 0.000000123. The molecule has 0 N–H and O–H groups in total. The molecule has 21 aromatic carbocycles. The fourth-order valence-electron chi connectivity index (χ4n) is 21.4. The van der Waals surface area contributed by atoms with Crippen LogP contribution in [-0.2, 0) is 5.41 Å². The lowest BCUT2D eigenvalue weighted by atomic mass is 9.33. The van der Waals surface area contributed by atoms with E-state index in [1.165, 1.54) is 189 Å². The van der Waals surface area contributed by atoms with Crippen LogP contribution in [-0.4, -0.2) is 20.1 Å². The first kappa shape index (κ1) is 87.4. The van der Waals surface area contributed by atoms with Crippen molar-refractivity contribution < 1.29 is 0 Å². The van der Waals surface area contributed by atoms with E-state index >= 15 is 0 Å². The van der Waals surface area contributed by atoms with E-state index in [1.807, 2.05) is 0 Å². The van der Waals surface area contributed by atoms with Gasteiger partial charge in [-0.25, -0.2) is 0 Å². The van der Waals surface area contributed by atoms with E-state index in [0.29, 0.717) is 0 Å². The lowest BCUT2D eigenvalue weighted by molar-refractivity contribution is 0.591. The maximum absolute atomic E-state index is 2.47. The van der Waals surface area contributed by atoms with Crippen molar-refractivity contribution in [1.82, 2.24) is 0 Å². The SMILES string of the molecule is CC(C)(C)c1ccc2c(c1)B(c1c(-c3ccccc3)cccc1-c1ccccc1)c1ccccc1N2c1ccccc1.Cc1cccc(-c2cccc(-c3ccccc3)c2B2c3ccccc3N(c3ccccc3)c3ccc(C)cc32)c1.c1ccc(-c2cccc(-c3ccccc3)c2B2c3ccccc3N(c3ccc(-c4ccc(N(c5ccccc5)c5ccccc5)cc4)cc3)c3ccccc32)cc1. The molecule has 0 aliphatic carbocycles. The molecule has 0 amide bonds. The van der Waals surface area contributed by atoms with Gasteiger partial charge in [0.05, 0.1) is 0 Å². The minimum Gasteiger partial charge on any atom is -0.312 e. The Labute approximate surface area is 819 Å². The Hall–Kier alpha value is -17.0. The fourth-order valence-corrected chi connectivity index (χ4v) is 21.4. The minimum absolute atomic E-state index is 0.0180. The number of hydrogen-bond donors (Lipinski definition) is 0. The topological polar surface area (TPSA) is 13.0 Å². The molecule has 0 unspecified atom stereocenters. The summed E-state index contributed by atoms with van der Waals surface area (Å²) in [5.41, 5.74) is 47.4. The number of aryl methyl sites for hydroxylation is 2. The van der Waals surface area contributed by atoms with E-state index in [1.54, 1.807) is 0 Å². The first-order chi connectivity index (χ1) is 68.5. The summed E-state index contributed by atoms with van der Waals surface area (Å²) >= 11 is 0. The zero-order valence-electron chi connectivity index (χ0n) is 78.8. The molecule has 0 fully saturated rings. The summed E-state index contributed by atoms with van der Waals surface area (Å²) < 4.78 is 0. The highest BCUT2D eigenvalue weighted by Gasteiger charge is 2.43. The third-order valence-corrected chi connectivity index (χ3v) is 27.7. The summed E-state index contributed by atoms with van der Waals surface area (Å²) in [7, 11) is 0. The summed E-state index contributed by atoms with van der Waals surface area (Å²) in [5, 5.41) is 0. The Morgan fingerprint density at radius 1 is 0.180 bits per heavy atom. The maximum Gasteiger partial charge on any atom is 0.248 e. The third kappa shape index (κ3) is 17.3. The molecule has 0 aromatic heterocycles. The van der Waals surface area contributed by atoms with Crippen molar-refractivity contribution >= 4 is 138 Å². The van der Waals surface area contributed by atoms with E-state index in [4.69, 9.17) is 0 Å². The highest BCUT2D eigenvalue weighted by Crippen LogP contribution is 2.45. The number of rotatable bonds is 16. The molecule has 139 heavy (non-hydrogen) atoms. The summed E-state index contributed by atoms with van der Waals surface area (Å²) in [4.78, 5) is 9.62. The molecule has 3 aliphatic rings. The van der Waals surface area contributed by atoms with Gasteiger partial charge in [-0.1, -0.05) is 473 Å². The van der Waals surface area contributed by atoms with Crippen molar-refractivity contribution in [1.29, 1.82) is 0 Å². The van der Waals surface area contributed by atoms with Gasteiger partial charge >= 0.3 is 0 Å². The van der Waals surface area contributed by atoms with Crippen molar-refractivity contribution in [2.75, 3.05) is 19.6 Å². The molecule has 660 valence electrons. The van der Waals surface area contributed by atoms with Crippen LogP contribution in [0.15, 0.2) is 534 Å². The molecule has 3 aliphatic heterocycles. The number of benzene rings is 21. The van der Waals surface area contributed by atoms with Crippen molar-refractivity contribution in [2.24, 2.45) is 0 Å². The second-order valence-electron chi connectivity index (χ2n) is 37.4. The van der Waals surface area contributed by atoms with Gasteiger partial charge in [0.15, 0.2) is 0 Å². The highest BCUT2D eigenvalue weighted by molar-refractivity contribution is 7.01. The first-order valence-electron chi connectivity index (χ1n) is 48.5. The van der Waals surface area contributed by atoms with Crippen LogP contribution in [0.1, 0.15) is 37.5 Å². The largest absolute Gasteiger partial charge is 0.312 e. The maximum atomic E-state index is 2.47. The van der Waals surface area contributed by atoms with E-state index in [0.717, 1.165) is 22.7 Å². The van der Waals surface area contributed by atoms with Crippen LogP contribution < -0.4 is 68.8 Å². The smallest absolute Gasteiger partial charge is 0.248 e. The Morgan fingerprint density at radius 2 is 0.432 bits per heavy atom. The number of hydrogen-bond acceptors (Lipinski definition) is 4. The lowest BCUT2D eigenvalue weighted by Gasteiger charge is -2.39. The molecule has 0 radical (unpaired) electrons. The average Bonchev–Trinajstić information content (AvgIpc) is 0.727. The molecule has 4 nitrogen and oxygen atoms in total. The van der Waals surface area contributed by atoms with Gasteiger partial charge < -0.3 is 19.6 Å². The van der Waals surface area contributed by atoms with Crippen LogP contribution in [0.2, 0.25) is 0 Å². The molecule has 0 saturated heterocycles. The van der Waals surface area contributed by atoms with Crippen molar-refractivity contribution in [2.45, 2.75) is 40.0 Å². The molecular weight excluding hydrogens is 1670 g/mol. The highest BCUT2D eigenvalue weighted by atomic mass is 15.2. The van der Waals surface area contributed by atoms with Crippen molar-refractivity contribution in [3.63, 3.8) is 0 Å². The van der Waals surface area contributed by atoms with Gasteiger partial charge in [-0.2, -0.15) is 0 Å². The van der Waals surface area contributed by atoms with Gasteiger partial charge in [0.1, 0.15) is 0 Å². The molecule has 3 heterocycles.